The van der Waals surface area contributed by atoms with Gasteiger partial charge in [0.2, 0.25) is 0 Å². The Labute approximate surface area is 95.4 Å². The van der Waals surface area contributed by atoms with Crippen molar-refractivity contribution in [1.29, 1.82) is 0 Å². The average molecular weight is 229 g/mol. The Morgan fingerprint density at radius 1 is 1.33 bits per heavy atom. The molecule has 0 saturated carbocycles. The first kappa shape index (κ1) is 12.3. The molecule has 84 valence electrons. The molecule has 0 aliphatic heterocycles. The van der Waals surface area contributed by atoms with Gasteiger partial charge in [0.05, 0.1) is 7.11 Å². The topological polar surface area (TPSA) is 61.3 Å². The van der Waals surface area contributed by atoms with Gasteiger partial charge in [-0.1, -0.05) is 11.6 Å². The molecule has 0 bridgehead atoms. The average Bonchev–Trinajstić information content (AvgIpc) is 2.15. The molecule has 0 spiro atoms. The maximum absolute atomic E-state index is 5.99. The fourth-order valence-electron chi connectivity index (χ4n) is 1.57. The van der Waals surface area contributed by atoms with E-state index in [9.17, 15) is 0 Å². The zero-order valence-electron chi connectivity index (χ0n) is 9.25. The number of ether oxygens (including phenoxy) is 1. The molecule has 4 heteroatoms. The van der Waals surface area contributed by atoms with Crippen LogP contribution >= 0.6 is 11.6 Å². The van der Waals surface area contributed by atoms with Crippen molar-refractivity contribution in [1.82, 2.24) is 0 Å². The summed E-state index contributed by atoms with van der Waals surface area (Å²) in [5.74, 6) is 0.768. The SMILES string of the molecule is COc1c(C)cc(Cl)cc1C(N)C(C)N. The van der Waals surface area contributed by atoms with Crippen molar-refractivity contribution in [3.05, 3.63) is 28.3 Å². The molecule has 0 aliphatic carbocycles. The zero-order valence-corrected chi connectivity index (χ0v) is 10.0. The van der Waals surface area contributed by atoms with Crippen LogP contribution in [0.15, 0.2) is 12.1 Å². The standard InChI is InChI=1S/C11H17ClN2O/c1-6-4-8(12)5-9(11(6)15-3)10(14)7(2)13/h4-5,7,10H,13-14H2,1-3H3. The monoisotopic (exact) mass is 228 g/mol. The second-order valence-corrected chi connectivity index (χ2v) is 4.17. The van der Waals surface area contributed by atoms with E-state index < -0.39 is 0 Å². The molecule has 4 N–H and O–H groups in total. The smallest absolute Gasteiger partial charge is 0.126 e. The van der Waals surface area contributed by atoms with E-state index in [1.807, 2.05) is 19.9 Å². The number of hydrogen-bond donors (Lipinski definition) is 2. The van der Waals surface area contributed by atoms with E-state index in [-0.39, 0.29) is 12.1 Å². The molecule has 15 heavy (non-hydrogen) atoms. The summed E-state index contributed by atoms with van der Waals surface area (Å²) in [7, 11) is 1.62. The summed E-state index contributed by atoms with van der Waals surface area (Å²) < 4.78 is 5.31. The van der Waals surface area contributed by atoms with Gasteiger partial charge in [0.15, 0.2) is 0 Å². The van der Waals surface area contributed by atoms with Crippen molar-refractivity contribution >= 4 is 11.6 Å². The van der Waals surface area contributed by atoms with E-state index in [4.69, 9.17) is 27.8 Å². The van der Waals surface area contributed by atoms with Gasteiger partial charge in [0, 0.05) is 22.7 Å². The third-order valence-corrected chi connectivity index (χ3v) is 2.62. The molecule has 1 rings (SSSR count). The maximum Gasteiger partial charge on any atom is 0.126 e. The third-order valence-electron chi connectivity index (χ3n) is 2.40. The van der Waals surface area contributed by atoms with Crippen LogP contribution in [0.3, 0.4) is 0 Å². The van der Waals surface area contributed by atoms with Gasteiger partial charge in [0.1, 0.15) is 5.75 Å². The lowest BCUT2D eigenvalue weighted by Crippen LogP contribution is -2.31. The van der Waals surface area contributed by atoms with Crippen LogP contribution in [0.4, 0.5) is 0 Å². The lowest BCUT2D eigenvalue weighted by molar-refractivity contribution is 0.399. The van der Waals surface area contributed by atoms with Gasteiger partial charge in [-0.25, -0.2) is 0 Å². The minimum atomic E-state index is -0.266. The predicted molar refractivity (Wildman–Crippen MR) is 63.3 cm³/mol. The molecule has 1 aromatic carbocycles. The molecule has 0 fully saturated rings. The van der Waals surface area contributed by atoms with Crippen LogP contribution in [0.25, 0.3) is 0 Å². The van der Waals surface area contributed by atoms with Crippen LogP contribution in [-0.2, 0) is 0 Å². The van der Waals surface area contributed by atoms with Crippen LogP contribution in [0.1, 0.15) is 24.1 Å². The van der Waals surface area contributed by atoms with Gasteiger partial charge in [-0.15, -0.1) is 0 Å². The molecule has 2 unspecified atom stereocenters. The molecule has 3 nitrogen and oxygen atoms in total. The van der Waals surface area contributed by atoms with Crippen LogP contribution < -0.4 is 16.2 Å². The van der Waals surface area contributed by atoms with E-state index in [0.29, 0.717) is 5.02 Å². The second-order valence-electron chi connectivity index (χ2n) is 3.73. The summed E-state index contributed by atoms with van der Waals surface area (Å²) in [6, 6.07) is 3.24. The molecular weight excluding hydrogens is 212 g/mol. The Hall–Kier alpha value is -0.770. The van der Waals surface area contributed by atoms with Crippen molar-refractivity contribution in [2.75, 3.05) is 7.11 Å². The lowest BCUT2D eigenvalue weighted by atomic mass is 9.99. The summed E-state index contributed by atoms with van der Waals surface area (Å²) in [5, 5.41) is 0.652. The van der Waals surface area contributed by atoms with Gasteiger partial charge < -0.3 is 16.2 Å². The van der Waals surface area contributed by atoms with E-state index in [1.54, 1.807) is 13.2 Å². The highest BCUT2D eigenvalue weighted by atomic mass is 35.5. The van der Waals surface area contributed by atoms with Gasteiger partial charge in [-0.2, -0.15) is 0 Å². The Bertz CT molecular complexity index is 353. The number of methoxy groups -OCH3 is 1. The van der Waals surface area contributed by atoms with Crippen molar-refractivity contribution < 1.29 is 4.74 Å². The highest BCUT2D eigenvalue weighted by molar-refractivity contribution is 6.30. The summed E-state index contributed by atoms with van der Waals surface area (Å²) in [5.41, 5.74) is 13.6. The maximum atomic E-state index is 5.99. The first-order valence-corrected chi connectivity index (χ1v) is 5.20. The minimum Gasteiger partial charge on any atom is -0.496 e. The molecule has 0 radical (unpaired) electrons. The van der Waals surface area contributed by atoms with Crippen molar-refractivity contribution in [2.45, 2.75) is 25.9 Å². The molecule has 0 aromatic heterocycles. The van der Waals surface area contributed by atoms with E-state index in [2.05, 4.69) is 0 Å². The number of halogens is 1. The van der Waals surface area contributed by atoms with Crippen molar-refractivity contribution in [3.63, 3.8) is 0 Å². The number of benzene rings is 1. The van der Waals surface area contributed by atoms with Crippen LogP contribution in [0, 0.1) is 6.92 Å². The Kier molecular flexibility index (Phi) is 3.97. The largest absolute Gasteiger partial charge is 0.496 e. The van der Waals surface area contributed by atoms with E-state index >= 15 is 0 Å². The molecule has 2 atom stereocenters. The number of rotatable bonds is 3. The number of aryl methyl sites for hydroxylation is 1. The molecule has 0 amide bonds. The molecule has 0 saturated heterocycles. The molecule has 1 aromatic rings. The number of nitrogens with two attached hydrogens (primary N) is 2. The molecule has 0 heterocycles. The van der Waals surface area contributed by atoms with Crippen LogP contribution in [0.2, 0.25) is 5.02 Å². The Morgan fingerprint density at radius 2 is 1.93 bits per heavy atom. The lowest BCUT2D eigenvalue weighted by Gasteiger charge is -2.20. The van der Waals surface area contributed by atoms with Crippen LogP contribution in [-0.4, -0.2) is 13.2 Å². The van der Waals surface area contributed by atoms with Gasteiger partial charge >= 0.3 is 0 Å². The predicted octanol–water partition coefficient (Wildman–Crippen LogP) is 2.00. The summed E-state index contributed by atoms with van der Waals surface area (Å²) in [6.07, 6.45) is 0. The highest BCUT2D eigenvalue weighted by Gasteiger charge is 2.17. The molecular formula is C11H17ClN2O. The fraction of sp³-hybridized carbons (Fsp3) is 0.455. The second kappa shape index (κ2) is 4.84. The Balaban J connectivity index is 3.26. The summed E-state index contributed by atoms with van der Waals surface area (Å²) in [4.78, 5) is 0. The van der Waals surface area contributed by atoms with E-state index in [1.165, 1.54) is 0 Å². The van der Waals surface area contributed by atoms with Gasteiger partial charge in [-0.05, 0) is 31.5 Å². The normalized spacial score (nSPS) is 14.8. The quantitative estimate of drug-likeness (QED) is 0.832. The number of hydrogen-bond acceptors (Lipinski definition) is 3. The Morgan fingerprint density at radius 3 is 2.40 bits per heavy atom. The fourth-order valence-corrected chi connectivity index (χ4v) is 1.85. The highest BCUT2D eigenvalue weighted by Crippen LogP contribution is 2.31. The zero-order chi connectivity index (χ0) is 11.6. The van der Waals surface area contributed by atoms with E-state index in [0.717, 1.165) is 16.9 Å². The van der Waals surface area contributed by atoms with Crippen molar-refractivity contribution in [3.8, 4) is 5.75 Å². The summed E-state index contributed by atoms with van der Waals surface area (Å²) >= 11 is 5.98. The third kappa shape index (κ3) is 2.62. The first-order valence-electron chi connectivity index (χ1n) is 4.82. The van der Waals surface area contributed by atoms with Gasteiger partial charge in [-0.3, -0.25) is 0 Å². The van der Waals surface area contributed by atoms with Crippen molar-refractivity contribution in [2.24, 2.45) is 11.5 Å². The van der Waals surface area contributed by atoms with Gasteiger partial charge in [0.25, 0.3) is 0 Å². The minimum absolute atomic E-state index is 0.142. The first-order chi connectivity index (χ1) is 6.97. The molecule has 0 aliphatic rings. The van der Waals surface area contributed by atoms with Crippen LogP contribution in [0.5, 0.6) is 5.75 Å². The summed E-state index contributed by atoms with van der Waals surface area (Å²) in [6.45, 7) is 3.79.